The van der Waals surface area contributed by atoms with Crippen LogP contribution < -0.4 is 4.74 Å². The molecule has 0 radical (unpaired) electrons. The standard InChI is InChI=1S/C21H24F2O/c1-3-24-19-13-12-18(20(22)21(19)23)17-10-8-16(9-11-17)15-6-4-14(2)5-7-15/h8-15H,3-7H2,1-2H3/t14-,15-. The van der Waals surface area contributed by atoms with Crippen LogP contribution >= 0.6 is 0 Å². The van der Waals surface area contributed by atoms with Crippen molar-refractivity contribution >= 4 is 0 Å². The molecule has 0 spiro atoms. The van der Waals surface area contributed by atoms with Crippen LogP contribution in [0.2, 0.25) is 0 Å². The van der Waals surface area contributed by atoms with Crippen LogP contribution in [-0.4, -0.2) is 6.61 Å². The fraction of sp³-hybridized carbons (Fsp3) is 0.429. The van der Waals surface area contributed by atoms with Gasteiger partial charge in [0.15, 0.2) is 11.6 Å². The third-order valence-electron chi connectivity index (χ3n) is 5.06. The Labute approximate surface area is 142 Å². The maximum absolute atomic E-state index is 14.3. The van der Waals surface area contributed by atoms with E-state index in [2.05, 4.69) is 19.1 Å². The average molecular weight is 330 g/mol. The monoisotopic (exact) mass is 330 g/mol. The molecule has 3 rings (SSSR count). The first-order valence-electron chi connectivity index (χ1n) is 8.81. The molecule has 1 saturated carbocycles. The summed E-state index contributed by atoms with van der Waals surface area (Å²) < 4.78 is 33.5. The Hall–Kier alpha value is -1.90. The highest BCUT2D eigenvalue weighted by atomic mass is 19.2. The smallest absolute Gasteiger partial charge is 0.201 e. The van der Waals surface area contributed by atoms with Crippen molar-refractivity contribution in [3.8, 4) is 16.9 Å². The van der Waals surface area contributed by atoms with E-state index < -0.39 is 11.6 Å². The van der Waals surface area contributed by atoms with Gasteiger partial charge in [0.05, 0.1) is 6.61 Å². The Kier molecular flexibility index (Phi) is 5.17. The van der Waals surface area contributed by atoms with Gasteiger partial charge >= 0.3 is 0 Å². The molecular formula is C21H24F2O. The van der Waals surface area contributed by atoms with Gasteiger partial charge in [-0.1, -0.05) is 44.0 Å². The van der Waals surface area contributed by atoms with E-state index in [0.29, 0.717) is 18.1 Å². The zero-order valence-corrected chi connectivity index (χ0v) is 14.3. The average Bonchev–Trinajstić information content (AvgIpc) is 2.60. The Morgan fingerprint density at radius 1 is 0.917 bits per heavy atom. The van der Waals surface area contributed by atoms with Crippen LogP contribution in [0.5, 0.6) is 5.75 Å². The molecule has 0 saturated heterocycles. The molecular weight excluding hydrogens is 306 g/mol. The predicted molar refractivity (Wildman–Crippen MR) is 93.3 cm³/mol. The Morgan fingerprint density at radius 2 is 1.58 bits per heavy atom. The summed E-state index contributed by atoms with van der Waals surface area (Å²) in [4.78, 5) is 0. The Morgan fingerprint density at radius 3 is 2.21 bits per heavy atom. The summed E-state index contributed by atoms with van der Waals surface area (Å²) in [6.45, 7) is 4.36. The van der Waals surface area contributed by atoms with Crippen LogP contribution in [0.4, 0.5) is 8.78 Å². The second-order valence-electron chi connectivity index (χ2n) is 6.75. The summed E-state index contributed by atoms with van der Waals surface area (Å²) in [5, 5.41) is 0. The maximum atomic E-state index is 14.3. The normalized spacial score (nSPS) is 20.8. The van der Waals surface area contributed by atoms with E-state index in [0.717, 1.165) is 5.92 Å². The highest BCUT2D eigenvalue weighted by molar-refractivity contribution is 5.65. The van der Waals surface area contributed by atoms with Gasteiger partial charge in [-0.3, -0.25) is 0 Å². The number of hydrogen-bond acceptors (Lipinski definition) is 1. The van der Waals surface area contributed by atoms with Crippen LogP contribution in [0.3, 0.4) is 0 Å². The van der Waals surface area contributed by atoms with Crippen LogP contribution in [0, 0.1) is 17.6 Å². The molecule has 0 N–H and O–H groups in total. The van der Waals surface area contributed by atoms with Gasteiger partial charge in [0.1, 0.15) is 0 Å². The van der Waals surface area contributed by atoms with Crippen LogP contribution in [-0.2, 0) is 0 Å². The first-order chi connectivity index (χ1) is 11.6. The largest absolute Gasteiger partial charge is 0.491 e. The molecule has 1 aliphatic carbocycles. The third kappa shape index (κ3) is 3.45. The van der Waals surface area contributed by atoms with Crippen LogP contribution in [0.1, 0.15) is 51.0 Å². The van der Waals surface area contributed by atoms with Crippen molar-refractivity contribution in [1.29, 1.82) is 0 Å². The van der Waals surface area contributed by atoms with Crippen LogP contribution in [0.25, 0.3) is 11.1 Å². The molecule has 1 fully saturated rings. The molecule has 0 atom stereocenters. The summed E-state index contributed by atoms with van der Waals surface area (Å²) in [7, 11) is 0. The van der Waals surface area contributed by atoms with Gasteiger partial charge in [0, 0.05) is 5.56 Å². The van der Waals surface area contributed by atoms with E-state index in [4.69, 9.17) is 4.74 Å². The van der Waals surface area contributed by atoms with Crippen molar-refractivity contribution in [2.45, 2.75) is 45.4 Å². The molecule has 128 valence electrons. The zero-order valence-electron chi connectivity index (χ0n) is 14.3. The molecule has 0 aliphatic heterocycles. The van der Waals surface area contributed by atoms with Gasteiger partial charge in [-0.25, -0.2) is 4.39 Å². The number of halogens is 2. The van der Waals surface area contributed by atoms with Gasteiger partial charge in [-0.2, -0.15) is 4.39 Å². The van der Waals surface area contributed by atoms with E-state index in [1.54, 1.807) is 13.0 Å². The zero-order chi connectivity index (χ0) is 17.1. The fourth-order valence-electron chi connectivity index (χ4n) is 3.55. The highest BCUT2D eigenvalue weighted by Crippen LogP contribution is 2.37. The summed E-state index contributed by atoms with van der Waals surface area (Å²) in [5.41, 5.74) is 2.28. The van der Waals surface area contributed by atoms with E-state index in [1.807, 2.05) is 12.1 Å². The van der Waals surface area contributed by atoms with Gasteiger partial charge in [0.25, 0.3) is 0 Å². The molecule has 0 amide bonds. The minimum absolute atomic E-state index is 0.0355. The van der Waals surface area contributed by atoms with Crippen molar-refractivity contribution in [3.05, 3.63) is 53.6 Å². The van der Waals surface area contributed by atoms with Gasteiger partial charge < -0.3 is 4.74 Å². The molecule has 3 heteroatoms. The first kappa shape index (κ1) is 16.9. The van der Waals surface area contributed by atoms with Crippen molar-refractivity contribution in [2.75, 3.05) is 6.61 Å². The summed E-state index contributed by atoms with van der Waals surface area (Å²) in [6, 6.07) is 11.0. The highest BCUT2D eigenvalue weighted by Gasteiger charge is 2.20. The molecule has 0 aromatic heterocycles. The first-order valence-corrected chi connectivity index (χ1v) is 8.81. The minimum atomic E-state index is -0.917. The van der Waals surface area contributed by atoms with E-state index in [1.165, 1.54) is 37.3 Å². The van der Waals surface area contributed by atoms with Crippen molar-refractivity contribution in [1.82, 2.24) is 0 Å². The summed E-state index contributed by atoms with van der Waals surface area (Å²) in [5.74, 6) is -0.384. The third-order valence-corrected chi connectivity index (χ3v) is 5.06. The molecule has 2 aromatic rings. The second-order valence-corrected chi connectivity index (χ2v) is 6.75. The lowest BCUT2D eigenvalue weighted by atomic mass is 9.79. The van der Waals surface area contributed by atoms with Gasteiger partial charge in [-0.05, 0) is 54.9 Å². The van der Waals surface area contributed by atoms with Crippen molar-refractivity contribution in [3.63, 3.8) is 0 Å². The number of hydrogen-bond donors (Lipinski definition) is 0. The molecule has 0 bridgehead atoms. The van der Waals surface area contributed by atoms with Crippen molar-refractivity contribution in [2.24, 2.45) is 5.92 Å². The second kappa shape index (κ2) is 7.33. The van der Waals surface area contributed by atoms with Crippen LogP contribution in [0.15, 0.2) is 36.4 Å². The van der Waals surface area contributed by atoms with Gasteiger partial charge in [-0.15, -0.1) is 0 Å². The molecule has 1 aliphatic rings. The minimum Gasteiger partial charge on any atom is -0.491 e. The molecule has 0 unspecified atom stereocenters. The Balaban J connectivity index is 1.82. The summed E-state index contributed by atoms with van der Waals surface area (Å²) in [6.07, 6.45) is 4.97. The fourth-order valence-corrected chi connectivity index (χ4v) is 3.55. The quantitative estimate of drug-likeness (QED) is 0.637. The predicted octanol–water partition coefficient (Wildman–Crippen LogP) is 6.32. The Bertz CT molecular complexity index is 686. The molecule has 24 heavy (non-hydrogen) atoms. The number of ether oxygens (including phenoxy) is 1. The van der Waals surface area contributed by atoms with Crippen molar-refractivity contribution < 1.29 is 13.5 Å². The lowest BCUT2D eigenvalue weighted by Gasteiger charge is -2.26. The molecule has 1 nitrogen and oxygen atoms in total. The molecule has 0 heterocycles. The molecule has 2 aromatic carbocycles. The van der Waals surface area contributed by atoms with E-state index >= 15 is 0 Å². The van der Waals surface area contributed by atoms with E-state index in [9.17, 15) is 8.78 Å². The summed E-state index contributed by atoms with van der Waals surface area (Å²) >= 11 is 0. The number of benzene rings is 2. The van der Waals surface area contributed by atoms with Gasteiger partial charge in [0.2, 0.25) is 5.82 Å². The maximum Gasteiger partial charge on any atom is 0.201 e. The lowest BCUT2D eigenvalue weighted by molar-refractivity contribution is 0.314. The topological polar surface area (TPSA) is 9.23 Å². The SMILES string of the molecule is CCOc1ccc(-c2ccc([C@H]3CC[C@H](C)CC3)cc2)c(F)c1F. The number of rotatable bonds is 4. The lowest BCUT2D eigenvalue weighted by Crippen LogP contribution is -2.10. The van der Waals surface area contributed by atoms with E-state index in [-0.39, 0.29) is 11.3 Å².